The van der Waals surface area contributed by atoms with Gasteiger partial charge in [-0.1, -0.05) is 18.2 Å². The molecule has 1 aliphatic rings. The lowest BCUT2D eigenvalue weighted by Crippen LogP contribution is -2.41. The SMILES string of the molecule is CC(C)(NC(=O)c1cc2[nH]c3ccccc3c(=O)c2cc1F)c1ccc(NCC2CCCO2)nc1. The second kappa shape index (κ2) is 9.11. The van der Waals surface area contributed by atoms with Crippen LogP contribution in [-0.2, 0) is 10.3 Å². The van der Waals surface area contributed by atoms with Crippen molar-refractivity contribution in [1.29, 1.82) is 0 Å². The molecule has 5 rings (SSSR count). The quantitative estimate of drug-likeness (QED) is 0.358. The van der Waals surface area contributed by atoms with E-state index in [-0.39, 0.29) is 22.5 Å². The molecule has 0 saturated carbocycles. The molecule has 3 N–H and O–H groups in total. The molecule has 2 aromatic heterocycles. The number of aromatic amines is 1. The smallest absolute Gasteiger partial charge is 0.255 e. The number of fused-ring (bicyclic) bond motifs is 2. The molecular formula is C27H27FN4O3. The molecule has 0 aliphatic carbocycles. The van der Waals surface area contributed by atoms with Crippen molar-refractivity contribution in [3.05, 3.63) is 81.9 Å². The Balaban J connectivity index is 1.36. The minimum Gasteiger partial charge on any atom is -0.376 e. The molecule has 1 saturated heterocycles. The number of halogens is 1. The largest absolute Gasteiger partial charge is 0.376 e. The number of aromatic nitrogens is 2. The Hall–Kier alpha value is -3.78. The standard InChI is InChI=1S/C27H27FN4O3/c1-27(2,16-9-10-24(29-14-16)30-15-17-6-5-11-35-17)32-26(34)19-13-23-20(12-21(19)28)25(33)18-7-3-4-8-22(18)31-23/h3-4,7-10,12-14,17H,5-6,11,15H2,1-2H3,(H,29,30)(H,31,33)(H,32,34). The molecule has 180 valence electrons. The Labute approximate surface area is 201 Å². The number of carbonyl (C=O) groups is 1. The summed E-state index contributed by atoms with van der Waals surface area (Å²) in [6, 6.07) is 13.3. The van der Waals surface area contributed by atoms with Crippen LogP contribution in [0.5, 0.6) is 0 Å². The van der Waals surface area contributed by atoms with Gasteiger partial charge in [0, 0.05) is 35.6 Å². The first kappa shape index (κ1) is 23.0. The predicted molar refractivity (Wildman–Crippen MR) is 134 cm³/mol. The topological polar surface area (TPSA) is 96.1 Å². The molecule has 4 aromatic rings. The summed E-state index contributed by atoms with van der Waals surface area (Å²) in [5, 5.41) is 6.83. The molecule has 0 radical (unpaired) electrons. The van der Waals surface area contributed by atoms with Crippen LogP contribution in [0.3, 0.4) is 0 Å². The van der Waals surface area contributed by atoms with Crippen LogP contribution in [0.1, 0.15) is 42.6 Å². The summed E-state index contributed by atoms with van der Waals surface area (Å²) >= 11 is 0. The fourth-order valence-electron chi connectivity index (χ4n) is 4.43. The number of hydrogen-bond donors (Lipinski definition) is 3. The fraction of sp³-hybridized carbons (Fsp3) is 0.296. The second-order valence-corrected chi connectivity index (χ2v) is 9.40. The van der Waals surface area contributed by atoms with Crippen molar-refractivity contribution in [2.24, 2.45) is 0 Å². The Morgan fingerprint density at radius 3 is 2.74 bits per heavy atom. The van der Waals surface area contributed by atoms with Crippen molar-refractivity contribution in [2.45, 2.75) is 38.3 Å². The number of nitrogens with zero attached hydrogens (tertiary/aromatic N) is 1. The number of hydrogen-bond acceptors (Lipinski definition) is 5. The molecule has 3 heterocycles. The van der Waals surface area contributed by atoms with Gasteiger partial charge in [-0.15, -0.1) is 0 Å². The number of ether oxygens (including phenoxy) is 1. The predicted octanol–water partition coefficient (Wildman–Crippen LogP) is 4.47. The number of anilines is 1. The van der Waals surface area contributed by atoms with Crippen LogP contribution < -0.4 is 16.1 Å². The minimum atomic E-state index is -0.810. The van der Waals surface area contributed by atoms with E-state index >= 15 is 0 Å². The molecular weight excluding hydrogens is 447 g/mol. The number of amides is 1. The van der Waals surface area contributed by atoms with Gasteiger partial charge in [-0.25, -0.2) is 9.37 Å². The zero-order valence-corrected chi connectivity index (χ0v) is 19.7. The third-order valence-corrected chi connectivity index (χ3v) is 6.48. The zero-order chi connectivity index (χ0) is 24.6. The van der Waals surface area contributed by atoms with Crippen LogP contribution in [0.25, 0.3) is 21.8 Å². The van der Waals surface area contributed by atoms with E-state index in [0.29, 0.717) is 23.0 Å². The Morgan fingerprint density at radius 2 is 2.00 bits per heavy atom. The van der Waals surface area contributed by atoms with Gasteiger partial charge in [-0.2, -0.15) is 0 Å². The molecule has 8 heteroatoms. The summed E-state index contributed by atoms with van der Waals surface area (Å²) in [7, 11) is 0. The molecule has 1 fully saturated rings. The molecule has 1 amide bonds. The molecule has 0 spiro atoms. The molecule has 1 aliphatic heterocycles. The van der Waals surface area contributed by atoms with Gasteiger partial charge in [0.25, 0.3) is 5.91 Å². The van der Waals surface area contributed by atoms with Gasteiger partial charge in [-0.3, -0.25) is 9.59 Å². The molecule has 2 aromatic carbocycles. The highest BCUT2D eigenvalue weighted by molar-refractivity contribution is 6.00. The summed E-state index contributed by atoms with van der Waals surface area (Å²) in [4.78, 5) is 33.4. The first-order valence-corrected chi connectivity index (χ1v) is 11.7. The van der Waals surface area contributed by atoms with Crippen LogP contribution in [0.4, 0.5) is 10.2 Å². The number of pyridine rings is 2. The normalized spacial score (nSPS) is 16.0. The van der Waals surface area contributed by atoms with E-state index in [9.17, 15) is 14.0 Å². The molecule has 7 nitrogen and oxygen atoms in total. The number of benzene rings is 2. The van der Waals surface area contributed by atoms with Crippen LogP contribution in [0.15, 0.2) is 59.5 Å². The summed E-state index contributed by atoms with van der Waals surface area (Å²) < 4.78 is 20.6. The van der Waals surface area contributed by atoms with Gasteiger partial charge < -0.3 is 20.4 Å². The van der Waals surface area contributed by atoms with Crippen molar-refractivity contribution in [3.8, 4) is 0 Å². The fourth-order valence-corrected chi connectivity index (χ4v) is 4.43. The van der Waals surface area contributed by atoms with E-state index < -0.39 is 17.3 Å². The second-order valence-electron chi connectivity index (χ2n) is 9.40. The lowest BCUT2D eigenvalue weighted by Gasteiger charge is -2.27. The molecule has 0 bridgehead atoms. The number of para-hydroxylation sites is 1. The van der Waals surface area contributed by atoms with Crippen molar-refractivity contribution in [1.82, 2.24) is 15.3 Å². The Morgan fingerprint density at radius 1 is 1.17 bits per heavy atom. The summed E-state index contributed by atoms with van der Waals surface area (Å²) in [6.45, 7) is 5.16. The van der Waals surface area contributed by atoms with Crippen LogP contribution >= 0.6 is 0 Å². The van der Waals surface area contributed by atoms with Gasteiger partial charge in [0.2, 0.25) is 0 Å². The van der Waals surface area contributed by atoms with Gasteiger partial charge in [0.1, 0.15) is 11.6 Å². The van der Waals surface area contributed by atoms with E-state index in [2.05, 4.69) is 20.6 Å². The van der Waals surface area contributed by atoms with Crippen molar-refractivity contribution in [2.75, 3.05) is 18.5 Å². The van der Waals surface area contributed by atoms with Crippen LogP contribution in [0.2, 0.25) is 0 Å². The average molecular weight is 475 g/mol. The van der Waals surface area contributed by atoms with Crippen LogP contribution in [0, 0.1) is 5.82 Å². The zero-order valence-electron chi connectivity index (χ0n) is 19.7. The highest BCUT2D eigenvalue weighted by Gasteiger charge is 2.26. The maximum absolute atomic E-state index is 14.9. The number of nitrogens with one attached hydrogen (secondary N) is 3. The van der Waals surface area contributed by atoms with Crippen LogP contribution in [-0.4, -0.2) is 35.1 Å². The summed E-state index contributed by atoms with van der Waals surface area (Å²) in [5.74, 6) is -0.606. The molecule has 1 unspecified atom stereocenters. The molecule has 35 heavy (non-hydrogen) atoms. The number of rotatable bonds is 6. The minimum absolute atomic E-state index is 0.140. The lowest BCUT2D eigenvalue weighted by atomic mass is 9.95. The Kier molecular flexibility index (Phi) is 5.98. The number of carbonyl (C=O) groups excluding carboxylic acids is 1. The third kappa shape index (κ3) is 4.61. The van der Waals surface area contributed by atoms with Crippen molar-refractivity contribution < 1.29 is 13.9 Å². The maximum Gasteiger partial charge on any atom is 0.255 e. The van der Waals surface area contributed by atoms with Crippen molar-refractivity contribution >= 4 is 33.5 Å². The average Bonchev–Trinajstić information content (AvgIpc) is 3.37. The maximum atomic E-state index is 14.9. The highest BCUT2D eigenvalue weighted by atomic mass is 19.1. The first-order chi connectivity index (χ1) is 16.8. The van der Waals surface area contributed by atoms with E-state index in [4.69, 9.17) is 4.74 Å². The monoisotopic (exact) mass is 474 g/mol. The number of H-pyrrole nitrogens is 1. The third-order valence-electron chi connectivity index (χ3n) is 6.48. The van der Waals surface area contributed by atoms with Gasteiger partial charge in [0.15, 0.2) is 5.43 Å². The van der Waals surface area contributed by atoms with E-state index in [1.165, 1.54) is 6.07 Å². The van der Waals surface area contributed by atoms with E-state index in [1.807, 2.05) is 26.0 Å². The van der Waals surface area contributed by atoms with Crippen molar-refractivity contribution in [3.63, 3.8) is 0 Å². The van der Waals surface area contributed by atoms with E-state index in [1.54, 1.807) is 30.5 Å². The lowest BCUT2D eigenvalue weighted by molar-refractivity contribution is 0.0908. The summed E-state index contributed by atoms with van der Waals surface area (Å²) in [6.07, 6.45) is 4.02. The molecule has 1 atom stereocenters. The van der Waals surface area contributed by atoms with E-state index in [0.717, 1.165) is 36.9 Å². The Bertz CT molecular complexity index is 1460. The highest BCUT2D eigenvalue weighted by Crippen LogP contribution is 2.24. The van der Waals surface area contributed by atoms with Gasteiger partial charge >= 0.3 is 0 Å². The first-order valence-electron chi connectivity index (χ1n) is 11.7. The summed E-state index contributed by atoms with van der Waals surface area (Å²) in [5.41, 5.74) is 0.576. The van der Waals surface area contributed by atoms with Gasteiger partial charge in [0.05, 0.1) is 22.7 Å². The van der Waals surface area contributed by atoms with Gasteiger partial charge in [-0.05, 0) is 62.6 Å².